The largest absolute Gasteiger partial charge is 0.455 e. The lowest BCUT2D eigenvalue weighted by Gasteiger charge is -2.26. The number of hydrogen-bond acceptors (Lipinski definition) is 2. The summed E-state index contributed by atoms with van der Waals surface area (Å²) in [6.07, 6.45) is 0. The Balaban J connectivity index is 1.15. The van der Waals surface area contributed by atoms with Crippen LogP contribution in [0.4, 0.5) is 17.1 Å². The third kappa shape index (κ3) is 5.42. The van der Waals surface area contributed by atoms with E-state index >= 15 is 0 Å². The van der Waals surface area contributed by atoms with Gasteiger partial charge in [-0.2, -0.15) is 0 Å². The first-order chi connectivity index (χ1) is 31.1. The highest BCUT2D eigenvalue weighted by Crippen LogP contribution is 2.43. The maximum atomic E-state index is 9.65. The molecule has 0 saturated heterocycles. The molecular formula is C54H35NO. The molecular weight excluding hydrogens is 679 g/mol. The Bertz CT molecular complexity index is 3670. The number of benzene rings is 10. The van der Waals surface area contributed by atoms with E-state index in [9.17, 15) is 11.0 Å². The molecule has 0 spiro atoms. The quantitative estimate of drug-likeness (QED) is 0.159. The van der Waals surface area contributed by atoms with Gasteiger partial charge in [0.2, 0.25) is 0 Å². The van der Waals surface area contributed by atoms with E-state index < -0.39 is 24.2 Å². The fourth-order valence-electron chi connectivity index (χ4n) is 7.87. The number of rotatable bonds is 6. The zero-order valence-electron chi connectivity index (χ0n) is 37.9. The Morgan fingerprint density at radius 2 is 0.946 bits per heavy atom. The molecule has 0 aliphatic carbocycles. The maximum absolute atomic E-state index is 9.65. The summed E-state index contributed by atoms with van der Waals surface area (Å²) >= 11 is 0. The highest BCUT2D eigenvalue weighted by molar-refractivity contribution is 6.19. The molecule has 0 unspecified atom stereocenters. The monoisotopic (exact) mass is 721 g/mol. The van der Waals surface area contributed by atoms with Crippen molar-refractivity contribution < 1.29 is 15.4 Å². The molecule has 2 nitrogen and oxygen atoms in total. The lowest BCUT2D eigenvalue weighted by molar-refractivity contribution is 0.673. The second-order valence-electron chi connectivity index (χ2n) is 13.9. The van der Waals surface area contributed by atoms with E-state index in [1.165, 1.54) is 4.90 Å². The highest BCUT2D eigenvalue weighted by Gasteiger charge is 2.18. The third-order valence-electron chi connectivity index (χ3n) is 10.6. The fourth-order valence-corrected chi connectivity index (χ4v) is 7.87. The molecule has 0 bridgehead atoms. The Morgan fingerprint density at radius 3 is 1.73 bits per heavy atom. The van der Waals surface area contributed by atoms with Gasteiger partial charge in [-0.3, -0.25) is 0 Å². The molecule has 11 aromatic rings. The second-order valence-corrected chi connectivity index (χ2v) is 13.9. The minimum atomic E-state index is -0.404. The Kier molecular flexibility index (Phi) is 5.83. The van der Waals surface area contributed by atoms with E-state index in [-0.39, 0.29) is 46.7 Å². The van der Waals surface area contributed by atoms with Crippen molar-refractivity contribution in [3.05, 3.63) is 212 Å². The van der Waals surface area contributed by atoms with Crippen molar-refractivity contribution in [3.63, 3.8) is 0 Å². The number of anilines is 3. The number of hydrogen-bond donors (Lipinski definition) is 0. The number of furan rings is 1. The van der Waals surface area contributed by atoms with E-state index in [4.69, 9.17) is 4.42 Å². The van der Waals surface area contributed by atoms with Crippen LogP contribution in [0.1, 0.15) is 11.0 Å². The van der Waals surface area contributed by atoms with Gasteiger partial charge in [0.05, 0.1) is 11.0 Å². The Hall–Kier alpha value is -7.42. The molecule has 2 heteroatoms. The summed E-state index contributed by atoms with van der Waals surface area (Å²) in [5, 5.41) is 7.83. The minimum absolute atomic E-state index is 0.104. The molecule has 1 aromatic heterocycles. The summed E-state index contributed by atoms with van der Waals surface area (Å²) in [7, 11) is 0. The molecule has 0 N–H and O–H groups in total. The Morgan fingerprint density at radius 1 is 0.357 bits per heavy atom. The van der Waals surface area contributed by atoms with Crippen LogP contribution in [-0.4, -0.2) is 0 Å². The zero-order valence-corrected chi connectivity index (χ0v) is 29.9. The lowest BCUT2D eigenvalue weighted by Crippen LogP contribution is -2.10. The molecule has 0 aliphatic rings. The van der Waals surface area contributed by atoms with Crippen molar-refractivity contribution in [2.24, 2.45) is 0 Å². The third-order valence-corrected chi connectivity index (χ3v) is 10.6. The van der Waals surface area contributed by atoms with Gasteiger partial charge in [-0.25, -0.2) is 0 Å². The molecule has 0 atom stereocenters. The normalized spacial score (nSPS) is 13.6. The van der Waals surface area contributed by atoms with Crippen molar-refractivity contribution in [3.8, 4) is 33.4 Å². The van der Waals surface area contributed by atoms with Gasteiger partial charge in [-0.1, -0.05) is 158 Å². The van der Waals surface area contributed by atoms with Crippen LogP contribution in [0.2, 0.25) is 0 Å². The van der Waals surface area contributed by atoms with Crippen molar-refractivity contribution in [1.29, 1.82) is 0 Å². The summed E-state index contributed by atoms with van der Waals surface area (Å²) in [6, 6.07) is 48.9. The van der Waals surface area contributed by atoms with Gasteiger partial charge in [-0.15, -0.1) is 0 Å². The molecule has 1 heterocycles. The first-order valence-electron chi connectivity index (χ1n) is 22.5. The SMILES string of the molecule is [2H]c1c([2H])c(N(c2cccc(-c3cccc4oc5c6ccccc6ccc5c34)c2)c2c([2H])c([2H])c(-c3ccc4c(ccc5ccccc54)c3)c([2H])c2[2H])c([2H])c([2H])c1-c1ccccc1. The summed E-state index contributed by atoms with van der Waals surface area (Å²) in [5.74, 6) is 0. The van der Waals surface area contributed by atoms with Crippen LogP contribution in [0, 0.1) is 0 Å². The van der Waals surface area contributed by atoms with Crippen LogP contribution >= 0.6 is 0 Å². The Labute approximate surface area is 336 Å². The molecule has 0 aliphatic heterocycles. The van der Waals surface area contributed by atoms with Gasteiger partial charge < -0.3 is 9.32 Å². The summed E-state index contributed by atoms with van der Waals surface area (Å²) in [5.41, 5.74) is 4.09. The second kappa shape index (κ2) is 13.2. The van der Waals surface area contributed by atoms with Crippen molar-refractivity contribution in [1.82, 2.24) is 0 Å². The van der Waals surface area contributed by atoms with Gasteiger partial charge >= 0.3 is 0 Å². The lowest BCUT2D eigenvalue weighted by atomic mass is 9.97. The van der Waals surface area contributed by atoms with Crippen molar-refractivity contribution in [2.75, 3.05) is 4.90 Å². The van der Waals surface area contributed by atoms with Gasteiger partial charge in [0.15, 0.2) is 0 Å². The first-order valence-corrected chi connectivity index (χ1v) is 18.5. The summed E-state index contributed by atoms with van der Waals surface area (Å²) in [6.45, 7) is 0. The molecule has 0 fully saturated rings. The molecule has 10 aromatic carbocycles. The van der Waals surface area contributed by atoms with Crippen LogP contribution < -0.4 is 4.90 Å². The molecule has 56 heavy (non-hydrogen) atoms. The van der Waals surface area contributed by atoms with Gasteiger partial charge in [-0.05, 0) is 115 Å². The van der Waals surface area contributed by atoms with Crippen LogP contribution in [0.5, 0.6) is 0 Å². The minimum Gasteiger partial charge on any atom is -0.455 e. The standard InChI is InChI=1S/C54H35NO/c1-2-10-36(11-3-1)37-22-28-44(29-23-37)55(45-30-24-38(25-31-45)41-27-32-48-43(34-41)21-20-39-12-4-6-16-47(39)48)46-15-8-14-42(35-46)49-18-9-19-52-53(49)51-33-26-40-13-5-7-17-50(40)54(51)56-52/h1-35H/i22D,23D,24D,25D,28D,29D,30D,31D. The number of fused-ring (bicyclic) bond motifs is 8. The van der Waals surface area contributed by atoms with E-state index in [1.54, 1.807) is 36.4 Å². The maximum Gasteiger partial charge on any atom is 0.143 e. The first kappa shape index (κ1) is 24.8. The van der Waals surface area contributed by atoms with Gasteiger partial charge in [0.1, 0.15) is 11.2 Å². The average Bonchev–Trinajstić information content (AvgIpc) is 3.72. The highest BCUT2D eigenvalue weighted by atomic mass is 16.3. The van der Waals surface area contributed by atoms with Crippen LogP contribution in [0.3, 0.4) is 0 Å². The van der Waals surface area contributed by atoms with Gasteiger partial charge in [0.25, 0.3) is 0 Å². The average molecular weight is 722 g/mol. The van der Waals surface area contributed by atoms with E-state index in [1.807, 2.05) is 121 Å². The van der Waals surface area contributed by atoms with Crippen LogP contribution in [0.25, 0.3) is 87.6 Å². The van der Waals surface area contributed by atoms with E-state index in [2.05, 4.69) is 6.07 Å². The fraction of sp³-hybridized carbons (Fsp3) is 0. The van der Waals surface area contributed by atoms with Crippen LogP contribution in [-0.2, 0) is 0 Å². The summed E-state index contributed by atoms with van der Waals surface area (Å²) < 4.78 is 82.4. The molecule has 0 radical (unpaired) electrons. The summed E-state index contributed by atoms with van der Waals surface area (Å²) in [4.78, 5) is 1.36. The predicted octanol–water partition coefficient (Wildman–Crippen LogP) is 15.5. The predicted molar refractivity (Wildman–Crippen MR) is 237 cm³/mol. The van der Waals surface area contributed by atoms with Crippen molar-refractivity contribution >= 4 is 71.3 Å². The molecule has 11 rings (SSSR count). The number of nitrogens with zero attached hydrogens (tertiary/aromatic N) is 1. The molecule has 0 amide bonds. The van der Waals surface area contributed by atoms with E-state index in [0.717, 1.165) is 59.8 Å². The van der Waals surface area contributed by atoms with E-state index in [0.29, 0.717) is 22.4 Å². The molecule has 0 saturated carbocycles. The van der Waals surface area contributed by atoms with Crippen LogP contribution in [0.15, 0.2) is 217 Å². The zero-order chi connectivity index (χ0) is 44.0. The molecule has 262 valence electrons. The smallest absolute Gasteiger partial charge is 0.143 e. The van der Waals surface area contributed by atoms with Gasteiger partial charge in [0, 0.05) is 33.2 Å². The van der Waals surface area contributed by atoms with Crippen molar-refractivity contribution in [2.45, 2.75) is 0 Å². The topological polar surface area (TPSA) is 16.4 Å².